The Hall–Kier alpha value is -1.67. The minimum atomic E-state index is 0.513. The van der Waals surface area contributed by atoms with Crippen molar-refractivity contribution in [3.63, 3.8) is 0 Å². The molecule has 0 unspecified atom stereocenters. The first-order valence-electron chi connectivity index (χ1n) is 5.56. The summed E-state index contributed by atoms with van der Waals surface area (Å²) in [5.74, 6) is 0. The van der Waals surface area contributed by atoms with Gasteiger partial charge in [0.2, 0.25) is 0 Å². The summed E-state index contributed by atoms with van der Waals surface area (Å²) in [4.78, 5) is 4.19. The van der Waals surface area contributed by atoms with Crippen molar-refractivity contribution in [2.24, 2.45) is 5.73 Å². The average molecular weight is 212 g/mol. The van der Waals surface area contributed by atoms with Gasteiger partial charge in [0.25, 0.3) is 0 Å². The van der Waals surface area contributed by atoms with E-state index in [1.165, 1.54) is 11.1 Å². The molecule has 1 aromatic carbocycles. The molecule has 0 amide bonds. The highest BCUT2D eigenvalue weighted by molar-refractivity contribution is 5.20. The van der Waals surface area contributed by atoms with E-state index in [2.05, 4.69) is 41.4 Å². The highest BCUT2D eigenvalue weighted by atomic mass is 14.7. The summed E-state index contributed by atoms with van der Waals surface area (Å²) in [6.45, 7) is 0.513. The van der Waals surface area contributed by atoms with Crippen LogP contribution in [0.15, 0.2) is 48.7 Å². The highest BCUT2D eigenvalue weighted by Crippen LogP contribution is 2.07. The molecule has 0 bridgehead atoms. The molecule has 0 aliphatic rings. The molecule has 2 heteroatoms. The van der Waals surface area contributed by atoms with Crippen LogP contribution in [0.5, 0.6) is 0 Å². The van der Waals surface area contributed by atoms with E-state index in [9.17, 15) is 0 Å². The fourth-order valence-corrected chi connectivity index (χ4v) is 1.73. The maximum Gasteiger partial charge on any atom is 0.0542 e. The predicted octanol–water partition coefficient (Wildman–Crippen LogP) is 2.33. The SMILES string of the molecule is NCc1cc(CCc2ccccc2)ccn1. The fraction of sp³-hybridized carbons (Fsp3) is 0.214. The fourth-order valence-electron chi connectivity index (χ4n) is 1.73. The lowest BCUT2D eigenvalue weighted by Gasteiger charge is -2.03. The molecule has 0 saturated carbocycles. The Morgan fingerprint density at radius 3 is 2.44 bits per heavy atom. The second-order valence-electron chi connectivity index (χ2n) is 3.85. The summed E-state index contributed by atoms with van der Waals surface area (Å²) in [6, 6.07) is 14.7. The maximum atomic E-state index is 5.56. The van der Waals surface area contributed by atoms with Gasteiger partial charge in [-0.05, 0) is 36.1 Å². The smallest absolute Gasteiger partial charge is 0.0542 e. The summed E-state index contributed by atoms with van der Waals surface area (Å²) in [5, 5.41) is 0. The van der Waals surface area contributed by atoms with Gasteiger partial charge in [-0.3, -0.25) is 4.98 Å². The van der Waals surface area contributed by atoms with Gasteiger partial charge >= 0.3 is 0 Å². The Balaban J connectivity index is 1.99. The van der Waals surface area contributed by atoms with Crippen molar-refractivity contribution in [2.45, 2.75) is 19.4 Å². The molecule has 0 atom stereocenters. The number of benzene rings is 1. The number of nitrogens with two attached hydrogens (primary N) is 1. The predicted molar refractivity (Wildman–Crippen MR) is 66.0 cm³/mol. The van der Waals surface area contributed by atoms with Crippen molar-refractivity contribution in [1.29, 1.82) is 0 Å². The van der Waals surface area contributed by atoms with Crippen LogP contribution in [0.4, 0.5) is 0 Å². The van der Waals surface area contributed by atoms with Crippen LogP contribution in [-0.2, 0) is 19.4 Å². The molecule has 2 aromatic rings. The number of aromatic nitrogens is 1. The summed E-state index contributed by atoms with van der Waals surface area (Å²) in [7, 11) is 0. The van der Waals surface area contributed by atoms with Crippen LogP contribution in [-0.4, -0.2) is 4.98 Å². The molecular formula is C14H16N2. The monoisotopic (exact) mass is 212 g/mol. The lowest BCUT2D eigenvalue weighted by atomic mass is 10.0. The summed E-state index contributed by atoms with van der Waals surface area (Å²) < 4.78 is 0. The molecule has 2 nitrogen and oxygen atoms in total. The normalized spacial score (nSPS) is 10.3. The van der Waals surface area contributed by atoms with Gasteiger partial charge in [0.1, 0.15) is 0 Å². The zero-order valence-electron chi connectivity index (χ0n) is 9.26. The number of hydrogen-bond acceptors (Lipinski definition) is 2. The lowest BCUT2D eigenvalue weighted by molar-refractivity contribution is 0.927. The summed E-state index contributed by atoms with van der Waals surface area (Å²) in [6.07, 6.45) is 3.94. The first-order valence-corrected chi connectivity index (χ1v) is 5.56. The Labute approximate surface area is 96.1 Å². The van der Waals surface area contributed by atoms with Gasteiger partial charge in [-0.15, -0.1) is 0 Å². The molecule has 0 fully saturated rings. The van der Waals surface area contributed by atoms with Crippen molar-refractivity contribution in [3.8, 4) is 0 Å². The number of pyridine rings is 1. The Morgan fingerprint density at radius 1 is 0.938 bits per heavy atom. The average Bonchev–Trinajstić information content (AvgIpc) is 2.38. The Morgan fingerprint density at radius 2 is 1.69 bits per heavy atom. The van der Waals surface area contributed by atoms with E-state index in [4.69, 9.17) is 5.73 Å². The zero-order chi connectivity index (χ0) is 11.2. The van der Waals surface area contributed by atoms with Gasteiger partial charge in [-0.2, -0.15) is 0 Å². The number of nitrogens with zero attached hydrogens (tertiary/aromatic N) is 1. The van der Waals surface area contributed by atoms with Gasteiger partial charge in [0, 0.05) is 12.7 Å². The Kier molecular flexibility index (Phi) is 3.67. The van der Waals surface area contributed by atoms with E-state index in [-0.39, 0.29) is 0 Å². The van der Waals surface area contributed by atoms with E-state index >= 15 is 0 Å². The van der Waals surface area contributed by atoms with Crippen molar-refractivity contribution in [1.82, 2.24) is 4.98 Å². The molecule has 0 aliphatic heterocycles. The number of aryl methyl sites for hydroxylation is 2. The minimum Gasteiger partial charge on any atom is -0.325 e. The van der Waals surface area contributed by atoms with Crippen molar-refractivity contribution in [2.75, 3.05) is 0 Å². The number of hydrogen-bond donors (Lipinski definition) is 1. The van der Waals surface area contributed by atoms with Crippen molar-refractivity contribution >= 4 is 0 Å². The van der Waals surface area contributed by atoms with Crippen LogP contribution in [0.25, 0.3) is 0 Å². The summed E-state index contributed by atoms with van der Waals surface area (Å²) >= 11 is 0. The van der Waals surface area contributed by atoms with Crippen LogP contribution in [0.1, 0.15) is 16.8 Å². The summed E-state index contributed by atoms with van der Waals surface area (Å²) in [5.41, 5.74) is 9.20. The first kappa shape index (κ1) is 10.8. The molecule has 2 rings (SSSR count). The van der Waals surface area contributed by atoms with Crippen LogP contribution in [0.3, 0.4) is 0 Å². The molecule has 0 aliphatic carbocycles. The van der Waals surface area contributed by atoms with Gasteiger partial charge < -0.3 is 5.73 Å². The van der Waals surface area contributed by atoms with E-state index in [1.54, 1.807) is 0 Å². The highest BCUT2D eigenvalue weighted by Gasteiger charge is 1.97. The standard InChI is InChI=1S/C14H16N2/c15-11-14-10-13(8-9-16-14)7-6-12-4-2-1-3-5-12/h1-5,8-10H,6-7,11,15H2. The molecule has 16 heavy (non-hydrogen) atoms. The van der Waals surface area contributed by atoms with Crippen LogP contribution in [0.2, 0.25) is 0 Å². The van der Waals surface area contributed by atoms with Gasteiger partial charge in [-0.1, -0.05) is 30.3 Å². The van der Waals surface area contributed by atoms with Crippen LogP contribution < -0.4 is 5.73 Å². The molecule has 1 aromatic heterocycles. The van der Waals surface area contributed by atoms with E-state index in [1.807, 2.05) is 12.3 Å². The molecule has 0 saturated heterocycles. The van der Waals surface area contributed by atoms with E-state index < -0.39 is 0 Å². The van der Waals surface area contributed by atoms with Gasteiger partial charge in [0.05, 0.1) is 5.69 Å². The van der Waals surface area contributed by atoms with Crippen LogP contribution in [0, 0.1) is 0 Å². The topological polar surface area (TPSA) is 38.9 Å². The third-order valence-corrected chi connectivity index (χ3v) is 2.64. The zero-order valence-corrected chi connectivity index (χ0v) is 9.26. The molecule has 1 heterocycles. The van der Waals surface area contributed by atoms with Crippen molar-refractivity contribution in [3.05, 3.63) is 65.5 Å². The van der Waals surface area contributed by atoms with Crippen molar-refractivity contribution < 1.29 is 0 Å². The quantitative estimate of drug-likeness (QED) is 0.844. The lowest BCUT2D eigenvalue weighted by Crippen LogP contribution is -2.00. The second kappa shape index (κ2) is 5.42. The van der Waals surface area contributed by atoms with Gasteiger partial charge in [0.15, 0.2) is 0 Å². The van der Waals surface area contributed by atoms with E-state index in [0.717, 1.165) is 18.5 Å². The molecular weight excluding hydrogens is 196 g/mol. The minimum absolute atomic E-state index is 0.513. The third-order valence-electron chi connectivity index (χ3n) is 2.64. The molecule has 0 radical (unpaired) electrons. The molecule has 0 spiro atoms. The third kappa shape index (κ3) is 2.91. The Bertz CT molecular complexity index is 437. The van der Waals surface area contributed by atoms with Crippen LogP contribution >= 0.6 is 0 Å². The molecule has 2 N–H and O–H groups in total. The second-order valence-corrected chi connectivity index (χ2v) is 3.85. The number of rotatable bonds is 4. The first-order chi connectivity index (χ1) is 7.88. The maximum absolute atomic E-state index is 5.56. The van der Waals surface area contributed by atoms with E-state index in [0.29, 0.717) is 6.54 Å². The largest absolute Gasteiger partial charge is 0.325 e. The molecule has 82 valence electrons. The van der Waals surface area contributed by atoms with Gasteiger partial charge in [-0.25, -0.2) is 0 Å².